The van der Waals surface area contributed by atoms with E-state index < -0.39 is 15.8 Å². The predicted octanol–water partition coefficient (Wildman–Crippen LogP) is 2.67. The molecule has 0 spiro atoms. The Hall–Kier alpha value is -3.07. The van der Waals surface area contributed by atoms with Crippen molar-refractivity contribution in [3.05, 3.63) is 71.9 Å². The van der Waals surface area contributed by atoms with Gasteiger partial charge < -0.3 is 0 Å². The Bertz CT molecular complexity index is 997. The zero-order valence-corrected chi connectivity index (χ0v) is 13.5. The molecule has 0 amide bonds. The van der Waals surface area contributed by atoms with Crippen LogP contribution in [0.3, 0.4) is 0 Å². The van der Waals surface area contributed by atoms with Gasteiger partial charge in [-0.15, -0.1) is 0 Å². The van der Waals surface area contributed by atoms with E-state index in [0.29, 0.717) is 16.8 Å². The van der Waals surface area contributed by atoms with Crippen molar-refractivity contribution in [1.29, 1.82) is 0 Å². The zero-order valence-electron chi connectivity index (χ0n) is 12.6. The summed E-state index contributed by atoms with van der Waals surface area (Å²) >= 11 is 0. The number of hydrogen-bond donors (Lipinski definition) is 2. The Labute approximate surface area is 142 Å². The molecule has 0 saturated heterocycles. The Morgan fingerprint density at radius 1 is 1.00 bits per heavy atom. The average Bonchev–Trinajstić information content (AvgIpc) is 3.04. The molecule has 128 valence electrons. The maximum atomic E-state index is 13.0. The normalized spacial score (nSPS) is 11.8. The summed E-state index contributed by atoms with van der Waals surface area (Å²) in [5.41, 5.74) is 1.74. The number of halogens is 2. The van der Waals surface area contributed by atoms with Crippen LogP contribution in [0.1, 0.15) is 5.56 Å². The summed E-state index contributed by atoms with van der Waals surface area (Å²) in [6, 6.07) is 10.1. The van der Waals surface area contributed by atoms with Crippen LogP contribution in [0.25, 0.3) is 11.3 Å². The first-order chi connectivity index (χ1) is 12.0. The minimum Gasteiger partial charge on any atom is -0.277 e. The van der Waals surface area contributed by atoms with Gasteiger partial charge in [0.2, 0.25) is 0 Å². The van der Waals surface area contributed by atoms with E-state index in [1.54, 1.807) is 12.1 Å². The first-order valence-electron chi connectivity index (χ1n) is 7.05. The molecule has 6 nitrogen and oxygen atoms in total. The van der Waals surface area contributed by atoms with Crippen LogP contribution in [0.2, 0.25) is 0 Å². The van der Waals surface area contributed by atoms with Gasteiger partial charge in [0.05, 0.1) is 23.0 Å². The summed E-state index contributed by atoms with van der Waals surface area (Å²) in [6.45, 7) is 0. The van der Waals surface area contributed by atoms with Gasteiger partial charge in [-0.05, 0) is 48.5 Å². The van der Waals surface area contributed by atoms with Crippen LogP contribution in [0.15, 0.2) is 64.7 Å². The Kier molecular flexibility index (Phi) is 4.57. The number of aromatic nitrogens is 2. The standard InChI is InChI=1S/C16H12F2N4O2S/c17-13-3-1-11(2-4-13)16-12(9-19-21-16)10-20-22-25(23,24)15-7-5-14(18)6-8-15/h1-10,22H,(H,19,21)/b20-10+. The molecule has 0 unspecified atom stereocenters. The summed E-state index contributed by atoms with van der Waals surface area (Å²) in [5.74, 6) is -0.907. The van der Waals surface area contributed by atoms with Gasteiger partial charge in [0.15, 0.2) is 0 Å². The summed E-state index contributed by atoms with van der Waals surface area (Å²) in [4.78, 5) is 1.92. The number of nitrogens with one attached hydrogen (secondary N) is 2. The molecule has 3 rings (SSSR count). The highest BCUT2D eigenvalue weighted by Gasteiger charge is 2.12. The lowest BCUT2D eigenvalue weighted by atomic mass is 10.1. The van der Waals surface area contributed by atoms with Crippen LogP contribution in [0.4, 0.5) is 8.78 Å². The summed E-state index contributed by atoms with van der Waals surface area (Å²) < 4.78 is 50.0. The summed E-state index contributed by atoms with van der Waals surface area (Å²) in [6.07, 6.45) is 2.72. The topological polar surface area (TPSA) is 87.2 Å². The molecule has 0 aliphatic heterocycles. The number of sulfonamides is 1. The first-order valence-corrected chi connectivity index (χ1v) is 8.54. The second-order valence-electron chi connectivity index (χ2n) is 5.01. The third kappa shape index (κ3) is 3.89. The molecule has 0 fully saturated rings. The maximum Gasteiger partial charge on any atom is 0.276 e. The summed E-state index contributed by atoms with van der Waals surface area (Å²) in [7, 11) is -3.91. The fourth-order valence-electron chi connectivity index (χ4n) is 2.07. The Morgan fingerprint density at radius 3 is 2.24 bits per heavy atom. The van der Waals surface area contributed by atoms with Crippen LogP contribution in [-0.4, -0.2) is 24.8 Å². The molecule has 2 aromatic carbocycles. The van der Waals surface area contributed by atoms with E-state index >= 15 is 0 Å². The number of H-pyrrole nitrogens is 1. The van der Waals surface area contributed by atoms with Crippen molar-refractivity contribution in [3.63, 3.8) is 0 Å². The van der Waals surface area contributed by atoms with Crippen LogP contribution >= 0.6 is 0 Å². The molecular formula is C16H12F2N4O2S. The van der Waals surface area contributed by atoms with E-state index in [0.717, 1.165) is 24.3 Å². The zero-order chi connectivity index (χ0) is 17.9. The quantitative estimate of drug-likeness (QED) is 0.540. The van der Waals surface area contributed by atoms with E-state index in [-0.39, 0.29) is 10.7 Å². The Balaban J connectivity index is 1.78. The number of rotatable bonds is 5. The molecule has 1 aromatic heterocycles. The smallest absolute Gasteiger partial charge is 0.276 e. The van der Waals surface area contributed by atoms with Gasteiger partial charge in [-0.3, -0.25) is 5.10 Å². The molecule has 9 heteroatoms. The number of benzene rings is 2. The number of hydrogen-bond acceptors (Lipinski definition) is 4. The minimum atomic E-state index is -3.91. The van der Waals surface area contributed by atoms with Crippen molar-refractivity contribution in [2.24, 2.45) is 5.10 Å². The predicted molar refractivity (Wildman–Crippen MR) is 88.3 cm³/mol. The molecule has 1 heterocycles. The number of aromatic amines is 1. The molecule has 0 radical (unpaired) electrons. The van der Waals surface area contributed by atoms with Crippen molar-refractivity contribution < 1.29 is 17.2 Å². The average molecular weight is 362 g/mol. The van der Waals surface area contributed by atoms with Crippen LogP contribution in [-0.2, 0) is 10.0 Å². The maximum absolute atomic E-state index is 13.0. The lowest BCUT2D eigenvalue weighted by molar-refractivity contribution is 0.583. The lowest BCUT2D eigenvalue weighted by Crippen LogP contribution is -2.18. The third-order valence-electron chi connectivity index (χ3n) is 3.30. The molecule has 0 aliphatic rings. The van der Waals surface area contributed by atoms with Gasteiger partial charge in [-0.25, -0.2) is 13.6 Å². The van der Waals surface area contributed by atoms with Crippen molar-refractivity contribution in [3.8, 4) is 11.3 Å². The van der Waals surface area contributed by atoms with Gasteiger partial charge >= 0.3 is 0 Å². The van der Waals surface area contributed by atoms with Crippen LogP contribution in [0.5, 0.6) is 0 Å². The monoisotopic (exact) mass is 362 g/mol. The van der Waals surface area contributed by atoms with Crippen molar-refractivity contribution in [2.45, 2.75) is 4.90 Å². The van der Waals surface area contributed by atoms with Crippen molar-refractivity contribution >= 4 is 16.2 Å². The van der Waals surface area contributed by atoms with Crippen molar-refractivity contribution in [2.75, 3.05) is 0 Å². The van der Waals surface area contributed by atoms with E-state index in [2.05, 4.69) is 15.3 Å². The molecular weight excluding hydrogens is 350 g/mol. The molecule has 0 atom stereocenters. The molecule has 25 heavy (non-hydrogen) atoms. The van der Waals surface area contributed by atoms with Gasteiger partial charge in [-0.1, -0.05) is 0 Å². The summed E-state index contributed by atoms with van der Waals surface area (Å²) in [5, 5.41) is 10.3. The molecule has 0 saturated carbocycles. The van der Waals surface area contributed by atoms with E-state index in [1.165, 1.54) is 24.5 Å². The van der Waals surface area contributed by atoms with Gasteiger partial charge in [0.1, 0.15) is 11.6 Å². The van der Waals surface area contributed by atoms with Gasteiger partial charge in [-0.2, -0.15) is 18.6 Å². The third-order valence-corrected chi connectivity index (χ3v) is 4.54. The van der Waals surface area contributed by atoms with Crippen molar-refractivity contribution in [1.82, 2.24) is 15.0 Å². The van der Waals surface area contributed by atoms with E-state index in [4.69, 9.17) is 0 Å². The van der Waals surface area contributed by atoms with Crippen LogP contribution in [0, 0.1) is 11.6 Å². The molecule has 2 N–H and O–H groups in total. The largest absolute Gasteiger partial charge is 0.277 e. The highest BCUT2D eigenvalue weighted by Crippen LogP contribution is 2.20. The lowest BCUT2D eigenvalue weighted by Gasteiger charge is -2.03. The molecule has 0 aliphatic carbocycles. The van der Waals surface area contributed by atoms with E-state index in [1.807, 2.05) is 4.83 Å². The SMILES string of the molecule is O=S(=O)(N/N=C/c1cn[nH]c1-c1ccc(F)cc1)c1ccc(F)cc1. The van der Waals surface area contributed by atoms with E-state index in [9.17, 15) is 17.2 Å². The second-order valence-corrected chi connectivity index (χ2v) is 6.67. The van der Waals surface area contributed by atoms with Crippen LogP contribution < -0.4 is 4.83 Å². The number of hydrazone groups is 1. The highest BCUT2D eigenvalue weighted by molar-refractivity contribution is 7.89. The molecule has 0 bridgehead atoms. The first kappa shape index (κ1) is 16.8. The fourth-order valence-corrected chi connectivity index (χ4v) is 2.86. The van der Waals surface area contributed by atoms with Gasteiger partial charge in [0.25, 0.3) is 10.0 Å². The van der Waals surface area contributed by atoms with Gasteiger partial charge in [0, 0.05) is 11.1 Å². The Morgan fingerprint density at radius 2 is 1.60 bits per heavy atom. The molecule has 3 aromatic rings. The number of nitrogens with zero attached hydrogens (tertiary/aromatic N) is 2. The highest BCUT2D eigenvalue weighted by atomic mass is 32.2. The second kappa shape index (κ2) is 6.81. The minimum absolute atomic E-state index is 0.114. The fraction of sp³-hybridized carbons (Fsp3) is 0.